The molecule has 0 atom stereocenters. The number of halogens is 1. The second kappa shape index (κ2) is 10.3. The Hall–Kier alpha value is -3.00. The summed E-state index contributed by atoms with van der Waals surface area (Å²) < 4.78 is 23.0. The molecule has 3 rings (SSSR count). The number of nitrogens with one attached hydrogen (secondary N) is 1. The first kappa shape index (κ1) is 22.7. The highest BCUT2D eigenvalue weighted by atomic mass is 79.9. The van der Waals surface area contributed by atoms with Crippen molar-refractivity contribution in [3.05, 3.63) is 52.1 Å². The largest absolute Gasteiger partial charge is 0.493 e. The Balaban J connectivity index is 1.93. The van der Waals surface area contributed by atoms with Crippen LogP contribution in [0.2, 0.25) is 0 Å². The van der Waals surface area contributed by atoms with E-state index in [1.165, 1.54) is 5.56 Å². The molecule has 0 fully saturated rings. The van der Waals surface area contributed by atoms with Gasteiger partial charge in [0.2, 0.25) is 5.75 Å². The zero-order chi connectivity index (χ0) is 22.4. The first-order valence-electron chi connectivity index (χ1n) is 9.92. The van der Waals surface area contributed by atoms with Crippen LogP contribution in [0.25, 0.3) is 0 Å². The summed E-state index contributed by atoms with van der Waals surface area (Å²) in [6.45, 7) is 4.25. The first-order valence-corrected chi connectivity index (χ1v) is 10.7. The van der Waals surface area contributed by atoms with Crippen LogP contribution in [-0.4, -0.2) is 31.3 Å². The molecule has 7 nitrogen and oxygen atoms in total. The van der Waals surface area contributed by atoms with Crippen LogP contribution < -0.4 is 24.3 Å². The maximum absolute atomic E-state index is 6.05. The predicted molar refractivity (Wildman–Crippen MR) is 124 cm³/mol. The van der Waals surface area contributed by atoms with Gasteiger partial charge in [0.1, 0.15) is 5.75 Å². The number of ether oxygens (including phenoxy) is 4. The molecule has 1 aromatic heterocycles. The van der Waals surface area contributed by atoms with Crippen LogP contribution in [-0.2, 0) is 12.8 Å². The van der Waals surface area contributed by atoms with Gasteiger partial charge in [-0.15, -0.1) is 0 Å². The summed E-state index contributed by atoms with van der Waals surface area (Å²) in [4.78, 5) is 8.86. The maximum Gasteiger partial charge on any atom is 0.323 e. The molecule has 1 N–H and O–H groups in total. The van der Waals surface area contributed by atoms with E-state index in [0.717, 1.165) is 24.2 Å². The number of benzene rings is 2. The molecule has 164 valence electrons. The van der Waals surface area contributed by atoms with Crippen molar-refractivity contribution in [1.29, 1.82) is 0 Å². The number of aryl methyl sites for hydroxylation is 1. The first-order chi connectivity index (χ1) is 15.0. The van der Waals surface area contributed by atoms with Gasteiger partial charge in [-0.3, -0.25) is 0 Å². The average Bonchev–Trinajstić information content (AvgIpc) is 2.80. The van der Waals surface area contributed by atoms with E-state index in [1.807, 2.05) is 12.1 Å². The van der Waals surface area contributed by atoms with E-state index in [9.17, 15) is 0 Å². The summed E-state index contributed by atoms with van der Waals surface area (Å²) in [5.74, 6) is 2.90. The van der Waals surface area contributed by atoms with Gasteiger partial charge < -0.3 is 24.3 Å². The van der Waals surface area contributed by atoms with Crippen molar-refractivity contribution in [2.24, 2.45) is 0 Å². The minimum atomic E-state index is 0.251. The van der Waals surface area contributed by atoms with E-state index in [2.05, 4.69) is 51.1 Å². The molecule has 8 heteroatoms. The maximum atomic E-state index is 6.05. The zero-order valence-corrected chi connectivity index (χ0v) is 19.9. The second-order valence-electron chi connectivity index (χ2n) is 6.59. The molecule has 2 aromatic carbocycles. The number of methoxy groups -OCH3 is 3. The van der Waals surface area contributed by atoms with Crippen LogP contribution in [0, 0.1) is 0 Å². The van der Waals surface area contributed by atoms with Gasteiger partial charge in [-0.1, -0.05) is 26.0 Å². The second-order valence-corrected chi connectivity index (χ2v) is 7.45. The fourth-order valence-corrected chi connectivity index (χ4v) is 3.61. The highest BCUT2D eigenvalue weighted by Crippen LogP contribution is 2.41. The lowest BCUT2D eigenvalue weighted by Crippen LogP contribution is -2.02. The number of hydrogen-bond acceptors (Lipinski definition) is 7. The molecule has 0 unspecified atom stereocenters. The number of hydrogen-bond donors (Lipinski definition) is 1. The van der Waals surface area contributed by atoms with Crippen molar-refractivity contribution < 1.29 is 18.9 Å². The molecule has 0 aliphatic carbocycles. The van der Waals surface area contributed by atoms with Crippen molar-refractivity contribution in [3.8, 4) is 29.0 Å². The van der Waals surface area contributed by atoms with Gasteiger partial charge in [0.05, 0.1) is 32.0 Å². The Labute approximate surface area is 190 Å². The van der Waals surface area contributed by atoms with Gasteiger partial charge in [0, 0.05) is 17.8 Å². The van der Waals surface area contributed by atoms with Crippen LogP contribution in [0.4, 0.5) is 11.5 Å². The van der Waals surface area contributed by atoms with Gasteiger partial charge in [0.15, 0.2) is 17.3 Å². The molecule has 0 spiro atoms. The van der Waals surface area contributed by atoms with Crippen molar-refractivity contribution >= 4 is 27.4 Å². The van der Waals surface area contributed by atoms with Crippen LogP contribution >= 0.6 is 15.9 Å². The molecule has 31 heavy (non-hydrogen) atoms. The molecule has 0 amide bonds. The Kier molecular flexibility index (Phi) is 7.57. The minimum absolute atomic E-state index is 0.251. The van der Waals surface area contributed by atoms with Crippen LogP contribution in [0.15, 0.2) is 41.0 Å². The van der Waals surface area contributed by atoms with Crippen molar-refractivity contribution in [1.82, 2.24) is 9.97 Å². The highest BCUT2D eigenvalue weighted by Gasteiger charge is 2.16. The fraction of sp³-hybridized carbons (Fsp3) is 0.304. The molecule has 3 aromatic rings. The Morgan fingerprint density at radius 2 is 1.65 bits per heavy atom. The Morgan fingerprint density at radius 1 is 0.935 bits per heavy atom. The fourth-order valence-electron chi connectivity index (χ4n) is 3.32. The van der Waals surface area contributed by atoms with Crippen molar-refractivity contribution in [2.75, 3.05) is 26.6 Å². The third-order valence-electron chi connectivity index (χ3n) is 4.82. The summed E-state index contributed by atoms with van der Waals surface area (Å²) in [7, 11) is 4.71. The molecule has 0 saturated carbocycles. The third kappa shape index (κ3) is 5.02. The normalized spacial score (nSPS) is 10.5. The summed E-state index contributed by atoms with van der Waals surface area (Å²) in [6.07, 6.45) is 3.46. The molecule has 0 aliphatic heterocycles. The lowest BCUT2D eigenvalue weighted by molar-refractivity contribution is 0.324. The van der Waals surface area contributed by atoms with Gasteiger partial charge in [-0.2, -0.15) is 4.98 Å². The quantitative estimate of drug-likeness (QED) is 0.401. The highest BCUT2D eigenvalue weighted by molar-refractivity contribution is 9.10. The summed E-state index contributed by atoms with van der Waals surface area (Å²) in [6, 6.07) is 9.90. The Morgan fingerprint density at radius 3 is 2.23 bits per heavy atom. The topological polar surface area (TPSA) is 74.7 Å². The molecule has 0 aliphatic rings. The molecule has 0 radical (unpaired) electrons. The monoisotopic (exact) mass is 487 g/mol. The van der Waals surface area contributed by atoms with Crippen LogP contribution in [0.3, 0.4) is 0 Å². The molecular formula is C23H26BrN3O4. The summed E-state index contributed by atoms with van der Waals surface area (Å²) in [5, 5.41) is 3.26. The third-order valence-corrected chi connectivity index (χ3v) is 5.40. The number of rotatable bonds is 9. The zero-order valence-electron chi connectivity index (χ0n) is 18.3. The average molecular weight is 488 g/mol. The number of anilines is 2. The minimum Gasteiger partial charge on any atom is -0.493 e. The van der Waals surface area contributed by atoms with E-state index in [4.69, 9.17) is 18.9 Å². The van der Waals surface area contributed by atoms with Gasteiger partial charge in [-0.05, 0) is 46.0 Å². The van der Waals surface area contributed by atoms with Crippen molar-refractivity contribution in [3.63, 3.8) is 0 Å². The lowest BCUT2D eigenvalue weighted by Gasteiger charge is -2.16. The standard InChI is InChI=1S/C23H26BrN3O4/c1-6-14-9-8-10-18(16(14)7-2)31-23-25-13-17(24)22(27-23)26-15-11-19(28-3)21(30-5)20(12-15)29-4/h8-13H,6-7H2,1-5H3,(H,25,26,27). The molecule has 1 heterocycles. The SMILES string of the molecule is CCc1cccc(Oc2ncc(Br)c(Nc3cc(OC)c(OC)c(OC)c3)n2)c1CC. The van der Waals surface area contributed by atoms with Crippen molar-refractivity contribution in [2.45, 2.75) is 26.7 Å². The van der Waals surface area contributed by atoms with E-state index in [0.29, 0.717) is 33.2 Å². The van der Waals surface area contributed by atoms with Crippen LogP contribution in [0.1, 0.15) is 25.0 Å². The smallest absolute Gasteiger partial charge is 0.323 e. The summed E-state index contributed by atoms with van der Waals surface area (Å²) in [5.41, 5.74) is 3.13. The lowest BCUT2D eigenvalue weighted by atomic mass is 10.0. The number of nitrogens with zero attached hydrogens (tertiary/aromatic N) is 2. The van der Waals surface area contributed by atoms with Gasteiger partial charge in [0.25, 0.3) is 0 Å². The summed E-state index contributed by atoms with van der Waals surface area (Å²) >= 11 is 3.49. The van der Waals surface area contributed by atoms with E-state index < -0.39 is 0 Å². The predicted octanol–water partition coefficient (Wildman–Crippen LogP) is 5.93. The van der Waals surface area contributed by atoms with E-state index in [-0.39, 0.29) is 6.01 Å². The number of aromatic nitrogens is 2. The Bertz CT molecular complexity index is 1030. The molecular weight excluding hydrogens is 462 g/mol. The molecule has 0 bridgehead atoms. The van der Waals surface area contributed by atoms with E-state index in [1.54, 1.807) is 39.7 Å². The molecule has 0 saturated heterocycles. The van der Waals surface area contributed by atoms with Gasteiger partial charge in [-0.25, -0.2) is 4.98 Å². The van der Waals surface area contributed by atoms with Crippen LogP contribution in [0.5, 0.6) is 29.0 Å². The van der Waals surface area contributed by atoms with Gasteiger partial charge >= 0.3 is 6.01 Å². The van der Waals surface area contributed by atoms with E-state index >= 15 is 0 Å².